The van der Waals surface area contributed by atoms with Gasteiger partial charge in [-0.15, -0.1) is 0 Å². The van der Waals surface area contributed by atoms with Crippen LogP contribution in [0, 0.1) is 0 Å². The zero-order valence-corrected chi connectivity index (χ0v) is 9.69. The first kappa shape index (κ1) is 11.2. The predicted octanol–water partition coefficient (Wildman–Crippen LogP) is 4.29. The van der Waals surface area contributed by atoms with Crippen molar-refractivity contribution < 1.29 is 4.79 Å². The Labute approximate surface area is 95.4 Å². The second-order valence-electron chi connectivity index (χ2n) is 2.29. The Morgan fingerprint density at radius 2 is 1.69 bits per heavy atom. The number of hydrogen-bond donors (Lipinski definition) is 0. The quantitative estimate of drug-likeness (QED) is 0.550. The molecule has 0 saturated heterocycles. The lowest BCUT2D eigenvalue weighted by molar-refractivity contribution is -0.109. The first-order valence-electron chi connectivity index (χ1n) is 3.33. The Balaban J connectivity index is 3.08. The van der Waals surface area contributed by atoms with Crippen LogP contribution in [0.25, 0.3) is 0 Å². The highest BCUT2D eigenvalue weighted by Crippen LogP contribution is 2.34. The second-order valence-corrected chi connectivity index (χ2v) is 4.73. The fraction of sp³-hybridized carbons (Fsp3) is 0.125. The minimum atomic E-state index is -0.0414. The summed E-state index contributed by atoms with van der Waals surface area (Å²) < 4.78 is 0. The molecular formula is C8H5Cl3OS. The Bertz CT molecular complexity index is 351. The van der Waals surface area contributed by atoms with Gasteiger partial charge in [0.2, 0.25) is 0 Å². The summed E-state index contributed by atoms with van der Waals surface area (Å²) in [5.74, 6) is 0. The number of carbonyl (C=O) groups is 1. The number of rotatable bonds is 1. The summed E-state index contributed by atoms with van der Waals surface area (Å²) >= 11 is 18.3. The first-order chi connectivity index (χ1) is 6.00. The number of benzene rings is 1. The number of thioether (sulfide) groups is 1. The maximum absolute atomic E-state index is 10.8. The summed E-state index contributed by atoms with van der Waals surface area (Å²) in [7, 11) is 0. The van der Waals surface area contributed by atoms with Crippen molar-refractivity contribution in [1.82, 2.24) is 0 Å². The zero-order chi connectivity index (χ0) is 10.0. The molecule has 0 heterocycles. The molecule has 0 fully saturated rings. The fourth-order valence-electron chi connectivity index (χ4n) is 0.737. The molecule has 1 aromatic carbocycles. The van der Waals surface area contributed by atoms with Crippen molar-refractivity contribution in [2.45, 2.75) is 11.8 Å². The van der Waals surface area contributed by atoms with E-state index in [0.29, 0.717) is 20.0 Å². The second kappa shape index (κ2) is 4.56. The Morgan fingerprint density at radius 3 is 2.23 bits per heavy atom. The molecule has 1 aromatic rings. The van der Waals surface area contributed by atoms with Crippen LogP contribution < -0.4 is 0 Å². The highest BCUT2D eigenvalue weighted by Gasteiger charge is 2.08. The van der Waals surface area contributed by atoms with Crippen LogP contribution in [0.1, 0.15) is 6.92 Å². The van der Waals surface area contributed by atoms with Crippen LogP contribution >= 0.6 is 46.6 Å². The van der Waals surface area contributed by atoms with E-state index in [1.54, 1.807) is 6.07 Å². The standard InChI is InChI=1S/C8H5Cl3OS/c1-4(12)13-8-3-6(10)5(9)2-7(8)11/h2-3H,1H3. The van der Waals surface area contributed by atoms with E-state index in [2.05, 4.69) is 0 Å². The van der Waals surface area contributed by atoms with Gasteiger partial charge in [-0.1, -0.05) is 46.6 Å². The van der Waals surface area contributed by atoms with E-state index in [1.807, 2.05) is 0 Å². The largest absolute Gasteiger partial charge is 0.287 e. The van der Waals surface area contributed by atoms with Crippen LogP contribution in [0.15, 0.2) is 17.0 Å². The molecule has 0 aliphatic carbocycles. The Hall–Kier alpha value is 0.110. The van der Waals surface area contributed by atoms with Gasteiger partial charge in [0.05, 0.1) is 15.1 Å². The van der Waals surface area contributed by atoms with E-state index in [9.17, 15) is 4.79 Å². The van der Waals surface area contributed by atoms with Crippen LogP contribution in [-0.2, 0) is 4.79 Å². The van der Waals surface area contributed by atoms with Crippen LogP contribution in [-0.4, -0.2) is 5.12 Å². The molecule has 70 valence electrons. The first-order valence-corrected chi connectivity index (χ1v) is 5.28. The molecule has 0 radical (unpaired) electrons. The summed E-state index contributed by atoms with van der Waals surface area (Å²) in [6.07, 6.45) is 0. The smallest absolute Gasteiger partial charge is 0.190 e. The lowest BCUT2D eigenvalue weighted by Crippen LogP contribution is -1.83. The van der Waals surface area contributed by atoms with E-state index in [-0.39, 0.29) is 5.12 Å². The predicted molar refractivity (Wildman–Crippen MR) is 58.0 cm³/mol. The molecule has 5 heteroatoms. The molecule has 0 N–H and O–H groups in total. The molecule has 0 aliphatic heterocycles. The fourth-order valence-corrected chi connectivity index (χ4v) is 2.11. The third-order valence-electron chi connectivity index (χ3n) is 1.23. The minimum Gasteiger partial charge on any atom is -0.287 e. The van der Waals surface area contributed by atoms with Gasteiger partial charge in [-0.05, 0) is 12.1 Å². The molecule has 0 unspecified atom stereocenters. The van der Waals surface area contributed by atoms with E-state index in [0.717, 1.165) is 11.8 Å². The third kappa shape index (κ3) is 3.06. The average molecular weight is 256 g/mol. The molecule has 0 spiro atoms. The number of hydrogen-bond acceptors (Lipinski definition) is 2. The summed E-state index contributed by atoms with van der Waals surface area (Å²) in [5.41, 5.74) is 0. The monoisotopic (exact) mass is 254 g/mol. The molecule has 13 heavy (non-hydrogen) atoms. The van der Waals surface area contributed by atoms with Crippen molar-refractivity contribution in [3.63, 3.8) is 0 Å². The number of carbonyl (C=O) groups excluding carboxylic acids is 1. The lowest BCUT2D eigenvalue weighted by atomic mass is 10.4. The maximum Gasteiger partial charge on any atom is 0.190 e. The van der Waals surface area contributed by atoms with Crippen LogP contribution in [0.4, 0.5) is 0 Å². The van der Waals surface area contributed by atoms with Gasteiger partial charge in [0.15, 0.2) is 5.12 Å². The van der Waals surface area contributed by atoms with Gasteiger partial charge in [-0.3, -0.25) is 4.79 Å². The SMILES string of the molecule is CC(=O)Sc1cc(Cl)c(Cl)cc1Cl. The molecule has 1 nitrogen and oxygen atoms in total. The summed E-state index contributed by atoms with van der Waals surface area (Å²) in [6, 6.07) is 3.11. The van der Waals surface area contributed by atoms with E-state index in [4.69, 9.17) is 34.8 Å². The molecule has 0 aromatic heterocycles. The highest BCUT2D eigenvalue weighted by atomic mass is 35.5. The molecule has 0 atom stereocenters. The van der Waals surface area contributed by atoms with Gasteiger partial charge < -0.3 is 0 Å². The normalized spacial score (nSPS) is 10.2. The summed E-state index contributed by atoms with van der Waals surface area (Å²) in [6.45, 7) is 1.46. The molecular weight excluding hydrogens is 251 g/mol. The summed E-state index contributed by atoms with van der Waals surface area (Å²) in [5, 5.41) is 1.18. The van der Waals surface area contributed by atoms with Gasteiger partial charge in [-0.2, -0.15) is 0 Å². The van der Waals surface area contributed by atoms with E-state index < -0.39 is 0 Å². The maximum atomic E-state index is 10.8. The Kier molecular flexibility index (Phi) is 3.92. The zero-order valence-electron chi connectivity index (χ0n) is 6.61. The molecule has 0 saturated carbocycles. The van der Waals surface area contributed by atoms with Crippen LogP contribution in [0.5, 0.6) is 0 Å². The van der Waals surface area contributed by atoms with Gasteiger partial charge in [0.25, 0.3) is 0 Å². The van der Waals surface area contributed by atoms with Gasteiger partial charge in [0, 0.05) is 11.8 Å². The van der Waals surface area contributed by atoms with Gasteiger partial charge in [0.1, 0.15) is 0 Å². The van der Waals surface area contributed by atoms with Crippen molar-refractivity contribution >= 4 is 51.7 Å². The topological polar surface area (TPSA) is 17.1 Å². The van der Waals surface area contributed by atoms with Gasteiger partial charge in [-0.25, -0.2) is 0 Å². The van der Waals surface area contributed by atoms with E-state index >= 15 is 0 Å². The van der Waals surface area contributed by atoms with Crippen LogP contribution in [0.3, 0.4) is 0 Å². The van der Waals surface area contributed by atoms with Crippen molar-refractivity contribution in [3.8, 4) is 0 Å². The highest BCUT2D eigenvalue weighted by molar-refractivity contribution is 8.13. The van der Waals surface area contributed by atoms with E-state index in [1.165, 1.54) is 13.0 Å². The molecule has 0 aliphatic rings. The van der Waals surface area contributed by atoms with Crippen LogP contribution in [0.2, 0.25) is 15.1 Å². The molecule has 0 bridgehead atoms. The molecule has 0 amide bonds. The summed E-state index contributed by atoms with van der Waals surface area (Å²) in [4.78, 5) is 11.4. The minimum absolute atomic E-state index is 0.0414. The molecule has 1 rings (SSSR count). The third-order valence-corrected chi connectivity index (χ3v) is 3.22. The van der Waals surface area contributed by atoms with Gasteiger partial charge >= 0.3 is 0 Å². The lowest BCUT2D eigenvalue weighted by Gasteiger charge is -2.02. The Morgan fingerprint density at radius 1 is 1.15 bits per heavy atom. The van der Waals surface area contributed by atoms with Crippen molar-refractivity contribution in [2.24, 2.45) is 0 Å². The average Bonchev–Trinajstić information content (AvgIpc) is 1.99. The van der Waals surface area contributed by atoms with Crippen molar-refractivity contribution in [2.75, 3.05) is 0 Å². The van der Waals surface area contributed by atoms with Crippen molar-refractivity contribution in [3.05, 3.63) is 27.2 Å². The van der Waals surface area contributed by atoms with Crippen molar-refractivity contribution in [1.29, 1.82) is 0 Å². The number of halogens is 3.